The lowest BCUT2D eigenvalue weighted by Crippen LogP contribution is -2.04. The molecule has 0 unspecified atom stereocenters. The fraction of sp³-hybridized carbons (Fsp3) is 0. The van der Waals surface area contributed by atoms with E-state index in [1.54, 1.807) is 0 Å². The average Bonchev–Trinajstić information content (AvgIpc) is 1.56. The maximum absolute atomic E-state index is 5.45. The molecule has 0 radical (unpaired) electrons. The van der Waals surface area contributed by atoms with E-state index in [9.17, 15) is 0 Å². The van der Waals surface area contributed by atoms with Gasteiger partial charge in [-0.3, -0.25) is 4.57 Å². The second kappa shape index (κ2) is 35.0. The van der Waals surface area contributed by atoms with Crippen LogP contribution in [0.1, 0.15) is 0 Å². The first-order chi connectivity index (χ1) is 73.4. The van der Waals surface area contributed by atoms with Gasteiger partial charge in [0.15, 0.2) is 40.8 Å². The van der Waals surface area contributed by atoms with Crippen molar-refractivity contribution in [3.63, 3.8) is 0 Å². The smallest absolute Gasteiger partial charge is 0.165 e. The molecule has 0 saturated carbocycles. The Balaban J connectivity index is 0.000000105. The summed E-state index contributed by atoms with van der Waals surface area (Å²) in [7, 11) is 0. The van der Waals surface area contributed by atoms with Crippen LogP contribution in [-0.4, -0.2) is 58.1 Å². The lowest BCUT2D eigenvalue weighted by Gasteiger charge is -2.15. The van der Waals surface area contributed by atoms with Gasteiger partial charge in [-0.1, -0.05) is 382 Å². The van der Waals surface area contributed by atoms with Gasteiger partial charge in [0.1, 0.15) is 5.69 Å². The molecule has 7 heterocycles. The number of para-hydroxylation sites is 4. The first kappa shape index (κ1) is 84.8. The lowest BCUT2D eigenvalue weighted by molar-refractivity contribution is 1.07. The normalized spacial score (nSPS) is 11.8. The largest absolute Gasteiger partial charge is 0.309 e. The molecular weight excluding hydrogens is 1800 g/mol. The van der Waals surface area contributed by atoms with E-state index in [2.05, 4.69) is 455 Å². The van der Waals surface area contributed by atoms with Gasteiger partial charge >= 0.3 is 0 Å². The summed E-state index contributed by atoms with van der Waals surface area (Å²) in [5.41, 5.74) is 21.9. The quantitative estimate of drug-likeness (QED) is 0.125. The highest BCUT2D eigenvalue weighted by molar-refractivity contribution is 6.32. The molecule has 0 aliphatic heterocycles. The van der Waals surface area contributed by atoms with E-state index in [0.717, 1.165) is 111 Å². The average molecular weight is 1890 g/mol. The topological polar surface area (TPSA) is 123 Å². The van der Waals surface area contributed by atoms with Gasteiger partial charge < -0.3 is 13.7 Å². The summed E-state index contributed by atoms with van der Waals surface area (Å²) in [6, 6.07) is 180. The molecule has 0 aliphatic carbocycles. The first-order valence-corrected chi connectivity index (χ1v) is 50.1. The van der Waals surface area contributed by atoms with Crippen LogP contribution in [0.3, 0.4) is 0 Å². The summed E-state index contributed by atoms with van der Waals surface area (Å²) in [5.74, 6) is 4.71. The first-order valence-electron chi connectivity index (χ1n) is 50.1. The monoisotopic (exact) mass is 1880 g/mol. The highest BCUT2D eigenvalue weighted by atomic mass is 15.1. The number of aromatic nitrogens is 12. The van der Waals surface area contributed by atoms with Gasteiger partial charge in [0, 0.05) is 99.1 Å². The van der Waals surface area contributed by atoms with E-state index >= 15 is 0 Å². The molecule has 0 saturated heterocycles. The molecule has 0 bridgehead atoms. The van der Waals surface area contributed by atoms with Gasteiger partial charge in [-0.25, -0.2) is 39.9 Å². The van der Waals surface area contributed by atoms with Crippen molar-refractivity contribution in [2.45, 2.75) is 0 Å². The van der Waals surface area contributed by atoms with Crippen molar-refractivity contribution in [3.8, 4) is 102 Å². The van der Waals surface area contributed by atoms with Crippen molar-refractivity contribution >= 4 is 184 Å². The van der Waals surface area contributed by atoms with Gasteiger partial charge in [0.05, 0.1) is 55.2 Å². The summed E-state index contributed by atoms with van der Waals surface area (Å²) >= 11 is 0. The molecule has 7 aromatic heterocycles. The molecule has 148 heavy (non-hydrogen) atoms. The second-order valence-electron chi connectivity index (χ2n) is 37.9. The Hall–Kier alpha value is -20.1. The molecule has 0 fully saturated rings. The van der Waals surface area contributed by atoms with Crippen molar-refractivity contribution in [1.29, 1.82) is 0 Å². The molecule has 0 amide bonds. The summed E-state index contributed by atoms with van der Waals surface area (Å²) in [5, 5.41) is 29.5. The number of rotatable bonds is 11. The van der Waals surface area contributed by atoms with Crippen LogP contribution in [0.4, 0.5) is 0 Å². The van der Waals surface area contributed by atoms with Gasteiger partial charge in [0.2, 0.25) is 0 Å². The molecular formula is C136H84N12. The number of hydrogen-bond donors (Lipinski definition) is 0. The van der Waals surface area contributed by atoms with Crippen LogP contribution in [0.2, 0.25) is 0 Å². The van der Waals surface area contributed by atoms with E-state index in [-0.39, 0.29) is 0 Å². The zero-order valence-electron chi connectivity index (χ0n) is 79.9. The second-order valence-corrected chi connectivity index (χ2v) is 37.9. The summed E-state index contributed by atoms with van der Waals surface area (Å²) in [6.07, 6.45) is 0. The van der Waals surface area contributed by atoms with Crippen LogP contribution in [0.25, 0.3) is 287 Å². The molecule has 0 N–H and O–H groups in total. The van der Waals surface area contributed by atoms with Crippen molar-refractivity contribution in [2.75, 3.05) is 0 Å². The van der Waals surface area contributed by atoms with Crippen LogP contribution < -0.4 is 0 Å². The van der Waals surface area contributed by atoms with Crippen LogP contribution in [0.15, 0.2) is 510 Å². The molecule has 0 spiro atoms. The van der Waals surface area contributed by atoms with E-state index in [0.29, 0.717) is 34.9 Å². The van der Waals surface area contributed by atoms with Gasteiger partial charge in [-0.15, -0.1) is 0 Å². The van der Waals surface area contributed by atoms with Gasteiger partial charge in [0.25, 0.3) is 0 Å². The zero-order valence-corrected chi connectivity index (χ0v) is 79.9. The fourth-order valence-corrected chi connectivity index (χ4v) is 22.7. The molecule has 12 nitrogen and oxygen atoms in total. The summed E-state index contributed by atoms with van der Waals surface area (Å²) < 4.78 is 9.48. The Labute approximate surface area is 848 Å². The number of nitrogens with zero attached hydrogens (tertiary/aromatic N) is 12. The molecule has 12 heteroatoms. The Morgan fingerprint density at radius 1 is 0.135 bits per heavy atom. The third-order valence-corrected chi connectivity index (χ3v) is 29.5. The van der Waals surface area contributed by atoms with Crippen LogP contribution in [0, 0.1) is 0 Å². The van der Waals surface area contributed by atoms with Crippen molar-refractivity contribution in [3.05, 3.63) is 510 Å². The Morgan fingerprint density at radius 3 is 0.851 bits per heavy atom. The molecule has 31 rings (SSSR count). The predicted molar refractivity (Wildman–Crippen MR) is 615 cm³/mol. The fourth-order valence-electron chi connectivity index (χ4n) is 22.7. The van der Waals surface area contributed by atoms with Crippen LogP contribution in [0.5, 0.6) is 0 Å². The highest BCUT2D eigenvalue weighted by Crippen LogP contribution is 2.48. The number of benzene rings is 24. The van der Waals surface area contributed by atoms with E-state index in [4.69, 9.17) is 39.9 Å². The molecule has 688 valence electrons. The Morgan fingerprint density at radius 2 is 0.419 bits per heavy atom. The minimum absolute atomic E-state index is 0.641. The minimum Gasteiger partial charge on any atom is -0.309 e. The van der Waals surface area contributed by atoms with E-state index in [1.807, 2.05) is 72.8 Å². The SMILES string of the molecule is c1ccc(-c2nc(-c3ccc(-n4c5ccc6ccccc6c5c5c6ccccc6ccc54)cc3)nc(-c3ccc4ccccc4c3)n2)cc1.c1ccc(-c2nc(-c3ccc(-n4c5ccc6ccccc6c5c5c6ccccc6ccc54)cc3)nc(-c3cccc4ccccc34)n2)cc1.c1ccc(-n2c3ccccc3c3ccc(-c4nc5ccccc5nc4-n4c5ccc6ccccc6c5c5c6ccccc6ccc54)cc32)cc1. The molecule has 0 aliphatic rings. The highest BCUT2D eigenvalue weighted by Gasteiger charge is 2.27. The van der Waals surface area contributed by atoms with Crippen molar-refractivity contribution in [1.82, 2.24) is 58.1 Å². The number of fused-ring (bicyclic) bond motifs is 27. The van der Waals surface area contributed by atoms with E-state index < -0.39 is 0 Å². The molecule has 0 atom stereocenters. The van der Waals surface area contributed by atoms with Gasteiger partial charge in [-0.05, 0) is 214 Å². The number of hydrogen-bond acceptors (Lipinski definition) is 8. The Bertz CT molecular complexity index is 10500. The van der Waals surface area contributed by atoms with Gasteiger partial charge in [-0.2, -0.15) is 0 Å². The van der Waals surface area contributed by atoms with E-state index in [1.165, 1.54) is 141 Å². The summed E-state index contributed by atoms with van der Waals surface area (Å²) in [4.78, 5) is 40.9. The maximum Gasteiger partial charge on any atom is 0.165 e. The third-order valence-electron chi connectivity index (χ3n) is 29.5. The maximum atomic E-state index is 5.45. The Kier molecular flexibility index (Phi) is 20.0. The van der Waals surface area contributed by atoms with Crippen molar-refractivity contribution < 1.29 is 0 Å². The molecule has 24 aromatic carbocycles. The van der Waals surface area contributed by atoms with Crippen LogP contribution >= 0.6 is 0 Å². The van der Waals surface area contributed by atoms with Crippen molar-refractivity contribution in [2.24, 2.45) is 0 Å². The predicted octanol–water partition coefficient (Wildman–Crippen LogP) is 34.7. The van der Waals surface area contributed by atoms with Crippen LogP contribution in [-0.2, 0) is 0 Å². The third kappa shape index (κ3) is 14.2. The minimum atomic E-state index is 0.641. The molecule has 31 aromatic rings. The lowest BCUT2D eigenvalue weighted by atomic mass is 10.00. The summed E-state index contributed by atoms with van der Waals surface area (Å²) in [6.45, 7) is 0. The standard InChI is InChI=1S/C46H28N4.2C45H28N4/c1-2-14-32(15-3-1)49-39-21-11-8-18-35(39)36-25-22-31(28-42(36)49)45-46(48-38-20-10-9-19-37(38)47-45)50-40-26-23-29-12-4-6-16-33(29)43(40)44-34-17-7-5-13-30(34)24-27-41(44)50;1-2-14-32(15-3-1)43-46-44(48-45(47-43)38-20-10-16-29-11-4-7-17-35(29)38)33-21-25-34(26-22-33)49-39-27-23-30-12-5-8-18-36(30)41(39)42-37-19-9-6-13-31(37)24-28-40(42)49;1-2-13-32(14-3-1)43-46-44(48-45(47-43)35-19-18-29-10-4-5-15-34(29)28-35)33-20-24-36(25-21-33)49-39-26-22-30-11-6-8-16-37(30)41(39)42-38-17-9-7-12-31(38)23-27-40(42)49/h1-28H;2*1-28H. The zero-order chi connectivity index (χ0) is 97.4.